The zero-order valence-corrected chi connectivity index (χ0v) is 16.0. The Morgan fingerprint density at radius 1 is 1.07 bits per heavy atom. The van der Waals surface area contributed by atoms with Crippen molar-refractivity contribution in [3.63, 3.8) is 0 Å². The van der Waals surface area contributed by atoms with E-state index in [0.717, 1.165) is 10.4 Å². The van der Waals surface area contributed by atoms with Gasteiger partial charge >= 0.3 is 10.2 Å². The van der Waals surface area contributed by atoms with E-state index in [-0.39, 0.29) is 5.69 Å². The second-order valence-corrected chi connectivity index (χ2v) is 8.16. The Morgan fingerprint density at radius 2 is 1.67 bits per heavy atom. The molecular weight excluding hydrogens is 376 g/mol. The number of hydrogen-bond acceptors (Lipinski definition) is 3. The van der Waals surface area contributed by atoms with Gasteiger partial charge in [-0.2, -0.15) is 12.7 Å². The summed E-state index contributed by atoms with van der Waals surface area (Å²) in [5, 5.41) is 2.64. The molecule has 0 aliphatic carbocycles. The second kappa shape index (κ2) is 8.45. The standard InChI is InChI=1S/C18H21F2N3O3S/c1-13(14-8-10-15(19)11-9-14)21-18(24)12-23(27(25,26)22(2)3)17-7-5-4-6-16(17)20/h4-11,13H,12H2,1-3H3,(H,21,24)/t13-/m0/s1. The predicted molar refractivity (Wildman–Crippen MR) is 99.3 cm³/mol. The van der Waals surface area contributed by atoms with E-state index < -0.39 is 40.3 Å². The maximum Gasteiger partial charge on any atom is 0.304 e. The molecule has 1 amide bonds. The van der Waals surface area contributed by atoms with E-state index >= 15 is 0 Å². The van der Waals surface area contributed by atoms with Crippen LogP contribution in [-0.2, 0) is 15.0 Å². The monoisotopic (exact) mass is 397 g/mol. The van der Waals surface area contributed by atoms with Gasteiger partial charge < -0.3 is 5.32 Å². The first-order valence-corrected chi connectivity index (χ1v) is 9.52. The van der Waals surface area contributed by atoms with Crippen molar-refractivity contribution < 1.29 is 22.0 Å². The molecule has 0 aliphatic heterocycles. The average Bonchev–Trinajstić information content (AvgIpc) is 2.60. The molecule has 0 saturated carbocycles. The number of carbonyl (C=O) groups is 1. The van der Waals surface area contributed by atoms with E-state index in [2.05, 4.69) is 5.32 Å². The molecule has 27 heavy (non-hydrogen) atoms. The van der Waals surface area contributed by atoms with Gasteiger partial charge in [-0.3, -0.25) is 4.79 Å². The number of halogens is 2. The largest absolute Gasteiger partial charge is 0.348 e. The van der Waals surface area contributed by atoms with Crippen LogP contribution >= 0.6 is 0 Å². The lowest BCUT2D eigenvalue weighted by molar-refractivity contribution is -0.120. The van der Waals surface area contributed by atoms with Crippen molar-refractivity contribution in [3.8, 4) is 0 Å². The fourth-order valence-electron chi connectivity index (χ4n) is 2.39. The highest BCUT2D eigenvalue weighted by atomic mass is 32.2. The molecule has 2 aromatic carbocycles. The van der Waals surface area contributed by atoms with E-state index in [4.69, 9.17) is 0 Å². The Kier molecular flexibility index (Phi) is 6.50. The Labute approximate surface area is 157 Å². The zero-order valence-electron chi connectivity index (χ0n) is 15.2. The number of para-hydroxylation sites is 1. The molecule has 0 saturated heterocycles. The van der Waals surface area contributed by atoms with Crippen LogP contribution < -0.4 is 9.62 Å². The van der Waals surface area contributed by atoms with Gasteiger partial charge in [0.2, 0.25) is 5.91 Å². The summed E-state index contributed by atoms with van der Waals surface area (Å²) < 4.78 is 53.9. The topological polar surface area (TPSA) is 69.7 Å². The van der Waals surface area contributed by atoms with E-state index in [9.17, 15) is 22.0 Å². The third-order valence-corrected chi connectivity index (χ3v) is 5.70. The fourth-order valence-corrected chi connectivity index (χ4v) is 3.47. The predicted octanol–water partition coefficient (Wildman–Crippen LogP) is 2.46. The van der Waals surface area contributed by atoms with Crippen LogP contribution in [0.2, 0.25) is 0 Å². The van der Waals surface area contributed by atoms with Gasteiger partial charge in [0, 0.05) is 14.1 Å². The van der Waals surface area contributed by atoms with Gasteiger partial charge in [-0.1, -0.05) is 24.3 Å². The summed E-state index contributed by atoms with van der Waals surface area (Å²) >= 11 is 0. The number of hydrogen-bond donors (Lipinski definition) is 1. The highest BCUT2D eigenvalue weighted by Crippen LogP contribution is 2.23. The van der Waals surface area contributed by atoms with E-state index in [1.807, 2.05) is 0 Å². The van der Waals surface area contributed by atoms with Gasteiger partial charge in [0.15, 0.2) is 0 Å². The molecule has 146 valence electrons. The lowest BCUT2D eigenvalue weighted by atomic mass is 10.1. The summed E-state index contributed by atoms with van der Waals surface area (Å²) in [6, 6.07) is 10.4. The Morgan fingerprint density at radius 3 is 2.22 bits per heavy atom. The number of amides is 1. The molecular formula is C18H21F2N3O3S. The minimum atomic E-state index is -4.10. The highest BCUT2D eigenvalue weighted by Gasteiger charge is 2.29. The molecule has 2 aromatic rings. The second-order valence-electron chi connectivity index (χ2n) is 6.09. The van der Waals surface area contributed by atoms with Crippen LogP contribution in [0.4, 0.5) is 14.5 Å². The van der Waals surface area contributed by atoms with E-state index in [0.29, 0.717) is 9.87 Å². The van der Waals surface area contributed by atoms with Crippen LogP contribution in [0.5, 0.6) is 0 Å². The summed E-state index contributed by atoms with van der Waals surface area (Å²) in [5.41, 5.74) is 0.424. The summed E-state index contributed by atoms with van der Waals surface area (Å²) in [7, 11) is -1.51. The first-order valence-electron chi connectivity index (χ1n) is 8.12. The lowest BCUT2D eigenvalue weighted by Gasteiger charge is -2.27. The molecule has 0 spiro atoms. The summed E-state index contributed by atoms with van der Waals surface area (Å²) in [4.78, 5) is 12.4. The van der Waals surface area contributed by atoms with Crippen molar-refractivity contribution in [1.82, 2.24) is 9.62 Å². The lowest BCUT2D eigenvalue weighted by Crippen LogP contribution is -2.46. The zero-order chi connectivity index (χ0) is 20.2. The molecule has 0 heterocycles. The number of carbonyl (C=O) groups excluding carboxylic acids is 1. The molecule has 1 atom stereocenters. The summed E-state index contributed by atoms with van der Waals surface area (Å²) in [6.45, 7) is 1.08. The number of nitrogens with zero attached hydrogens (tertiary/aromatic N) is 2. The number of nitrogens with one attached hydrogen (secondary N) is 1. The molecule has 0 unspecified atom stereocenters. The van der Waals surface area contributed by atoms with Crippen LogP contribution in [0.15, 0.2) is 48.5 Å². The van der Waals surface area contributed by atoms with Gasteiger partial charge in [-0.15, -0.1) is 0 Å². The summed E-state index contributed by atoms with van der Waals surface area (Å²) in [6.07, 6.45) is 0. The first-order chi connectivity index (χ1) is 12.6. The maximum absolute atomic E-state index is 14.2. The molecule has 0 radical (unpaired) electrons. The van der Waals surface area contributed by atoms with Crippen molar-refractivity contribution in [1.29, 1.82) is 0 Å². The molecule has 0 bridgehead atoms. The molecule has 1 N–H and O–H groups in total. The molecule has 6 nitrogen and oxygen atoms in total. The SMILES string of the molecule is C[C@H](NC(=O)CN(c1ccccc1F)S(=O)(=O)N(C)C)c1ccc(F)cc1. The average molecular weight is 397 g/mol. The van der Waals surface area contributed by atoms with Gasteiger partial charge in [0.05, 0.1) is 11.7 Å². The normalized spacial score (nSPS) is 12.7. The third-order valence-electron chi connectivity index (χ3n) is 3.90. The number of rotatable bonds is 7. The number of anilines is 1. The first kappa shape index (κ1) is 20.8. The minimum absolute atomic E-state index is 0.226. The van der Waals surface area contributed by atoms with Gasteiger partial charge in [-0.25, -0.2) is 13.1 Å². The van der Waals surface area contributed by atoms with Crippen LogP contribution in [-0.4, -0.2) is 39.3 Å². The van der Waals surface area contributed by atoms with Crippen molar-refractivity contribution in [2.24, 2.45) is 0 Å². The summed E-state index contributed by atoms with van der Waals surface area (Å²) in [5.74, 6) is -1.79. The van der Waals surface area contributed by atoms with Gasteiger partial charge in [-0.05, 0) is 36.8 Å². The maximum atomic E-state index is 14.2. The molecule has 0 aromatic heterocycles. The molecule has 0 aliphatic rings. The molecule has 2 rings (SSSR count). The third kappa shape index (κ3) is 5.01. The Hall–Kier alpha value is -2.52. The van der Waals surface area contributed by atoms with Crippen molar-refractivity contribution >= 4 is 21.8 Å². The van der Waals surface area contributed by atoms with E-state index in [1.54, 1.807) is 6.92 Å². The fraction of sp³-hybridized carbons (Fsp3) is 0.278. The van der Waals surface area contributed by atoms with Crippen molar-refractivity contribution in [2.75, 3.05) is 24.9 Å². The van der Waals surface area contributed by atoms with Crippen molar-refractivity contribution in [2.45, 2.75) is 13.0 Å². The van der Waals surface area contributed by atoms with Crippen LogP contribution in [0, 0.1) is 11.6 Å². The number of benzene rings is 2. The van der Waals surface area contributed by atoms with Gasteiger partial charge in [0.1, 0.15) is 18.2 Å². The van der Waals surface area contributed by atoms with Crippen molar-refractivity contribution in [3.05, 3.63) is 65.7 Å². The molecule has 9 heteroatoms. The smallest absolute Gasteiger partial charge is 0.304 e. The van der Waals surface area contributed by atoms with E-state index in [1.165, 1.54) is 56.6 Å². The quantitative estimate of drug-likeness (QED) is 0.780. The molecule has 0 fully saturated rings. The Balaban J connectivity index is 2.23. The van der Waals surface area contributed by atoms with Crippen LogP contribution in [0.1, 0.15) is 18.5 Å². The highest BCUT2D eigenvalue weighted by molar-refractivity contribution is 7.90. The Bertz CT molecular complexity index is 902. The minimum Gasteiger partial charge on any atom is -0.348 e. The van der Waals surface area contributed by atoms with Crippen LogP contribution in [0.3, 0.4) is 0 Å². The van der Waals surface area contributed by atoms with Gasteiger partial charge in [0.25, 0.3) is 0 Å². The van der Waals surface area contributed by atoms with Crippen LogP contribution in [0.25, 0.3) is 0 Å².